The number of methoxy groups -OCH3 is 1. The third-order valence-corrected chi connectivity index (χ3v) is 4.95. The molecule has 0 fully saturated rings. The molecule has 1 aliphatic heterocycles. The first-order valence-corrected chi connectivity index (χ1v) is 8.69. The molecule has 0 saturated heterocycles. The number of carbonyl (C=O) groups excluding carboxylic acids is 1. The van der Waals surface area contributed by atoms with Crippen LogP contribution >= 0.6 is 0 Å². The second-order valence-electron chi connectivity index (χ2n) is 6.65. The number of hydrogen-bond donors (Lipinski definition) is 1. The fraction of sp³-hybridized carbons (Fsp3) is 0.250. The summed E-state index contributed by atoms with van der Waals surface area (Å²) in [7, 11) is 3.27. The van der Waals surface area contributed by atoms with Crippen LogP contribution in [0.3, 0.4) is 0 Å². The maximum atomic E-state index is 13.0. The molecular formula is C20H20N4O3. The van der Waals surface area contributed by atoms with Gasteiger partial charge in [-0.25, -0.2) is 4.98 Å². The predicted molar refractivity (Wildman–Crippen MR) is 99.8 cm³/mol. The molecule has 7 nitrogen and oxygen atoms in total. The Morgan fingerprint density at radius 1 is 1.30 bits per heavy atom. The number of benzene rings is 1. The van der Waals surface area contributed by atoms with Crippen LogP contribution in [0.4, 0.5) is 0 Å². The lowest BCUT2D eigenvalue weighted by molar-refractivity contribution is 0.0721. The molecule has 0 spiro atoms. The molecule has 1 N–H and O–H groups in total. The summed E-state index contributed by atoms with van der Waals surface area (Å²) in [4.78, 5) is 34.1. The van der Waals surface area contributed by atoms with E-state index in [2.05, 4.69) is 9.97 Å². The first kappa shape index (κ1) is 17.1. The number of pyridine rings is 1. The number of hydrogen-bond acceptors (Lipinski definition) is 4. The number of nitrogens with zero attached hydrogens (tertiary/aromatic N) is 3. The van der Waals surface area contributed by atoms with Crippen LogP contribution in [0.25, 0.3) is 0 Å². The fourth-order valence-corrected chi connectivity index (χ4v) is 3.50. The van der Waals surface area contributed by atoms with Crippen LogP contribution < -0.4 is 10.3 Å². The molecule has 2 aromatic heterocycles. The average molecular weight is 364 g/mol. The summed E-state index contributed by atoms with van der Waals surface area (Å²) in [6, 6.07) is 10.8. The Kier molecular flexibility index (Phi) is 4.27. The highest BCUT2D eigenvalue weighted by Crippen LogP contribution is 2.33. The van der Waals surface area contributed by atoms with Gasteiger partial charge >= 0.3 is 0 Å². The van der Waals surface area contributed by atoms with Crippen LogP contribution in [0.1, 0.15) is 33.2 Å². The van der Waals surface area contributed by atoms with E-state index in [1.54, 1.807) is 37.6 Å². The summed E-state index contributed by atoms with van der Waals surface area (Å²) in [5.74, 6) is 0.608. The largest absolute Gasteiger partial charge is 0.497 e. The van der Waals surface area contributed by atoms with E-state index in [1.807, 2.05) is 24.3 Å². The number of amides is 1. The smallest absolute Gasteiger partial charge is 0.255 e. The number of imidazole rings is 1. The molecule has 0 radical (unpaired) electrons. The van der Waals surface area contributed by atoms with Crippen molar-refractivity contribution in [2.45, 2.75) is 12.5 Å². The maximum Gasteiger partial charge on any atom is 0.255 e. The van der Waals surface area contributed by atoms with E-state index in [0.29, 0.717) is 18.7 Å². The Labute approximate surface area is 156 Å². The van der Waals surface area contributed by atoms with Crippen molar-refractivity contribution in [2.24, 2.45) is 7.05 Å². The van der Waals surface area contributed by atoms with E-state index in [0.717, 1.165) is 22.7 Å². The highest BCUT2D eigenvalue weighted by Gasteiger charge is 2.32. The van der Waals surface area contributed by atoms with Crippen molar-refractivity contribution in [2.75, 3.05) is 13.7 Å². The van der Waals surface area contributed by atoms with Crippen molar-refractivity contribution in [3.63, 3.8) is 0 Å². The standard InChI is InChI=1S/C20H20N4O3/c1-23-9-14(6-7-18(23)25)20(26)24-10-16(19-17(11-24)21-12-22-19)13-4-3-5-15(8-13)27-2/h3-9,12,16H,10-11H2,1-2H3,(H,21,22). The minimum absolute atomic E-state index is 0.0495. The maximum absolute atomic E-state index is 13.0. The Hall–Kier alpha value is -3.35. The third kappa shape index (κ3) is 3.12. The molecular weight excluding hydrogens is 344 g/mol. The molecule has 3 aromatic rings. The van der Waals surface area contributed by atoms with Crippen LogP contribution in [0.2, 0.25) is 0 Å². The molecule has 0 saturated carbocycles. The molecule has 1 aliphatic rings. The van der Waals surface area contributed by atoms with E-state index >= 15 is 0 Å². The van der Waals surface area contributed by atoms with Crippen molar-refractivity contribution in [1.82, 2.24) is 19.4 Å². The summed E-state index contributed by atoms with van der Waals surface area (Å²) in [6.07, 6.45) is 3.24. The molecule has 0 bridgehead atoms. The number of fused-ring (bicyclic) bond motifs is 1. The van der Waals surface area contributed by atoms with Gasteiger partial charge in [-0.15, -0.1) is 0 Å². The van der Waals surface area contributed by atoms with Crippen LogP contribution in [0.15, 0.2) is 53.7 Å². The lowest BCUT2D eigenvalue weighted by Crippen LogP contribution is -2.39. The minimum Gasteiger partial charge on any atom is -0.497 e. The summed E-state index contributed by atoms with van der Waals surface area (Å²) in [6.45, 7) is 0.962. The Balaban J connectivity index is 1.69. The van der Waals surface area contributed by atoms with Crippen molar-refractivity contribution in [3.05, 3.63) is 81.8 Å². The summed E-state index contributed by atoms with van der Waals surface area (Å²) >= 11 is 0. The Morgan fingerprint density at radius 2 is 2.15 bits per heavy atom. The van der Waals surface area contributed by atoms with E-state index in [1.165, 1.54) is 10.6 Å². The van der Waals surface area contributed by atoms with Crippen LogP contribution in [-0.4, -0.2) is 39.0 Å². The summed E-state index contributed by atoms with van der Waals surface area (Å²) < 4.78 is 6.76. The zero-order valence-electron chi connectivity index (χ0n) is 15.2. The van der Waals surface area contributed by atoms with Gasteiger partial charge in [0.05, 0.1) is 36.9 Å². The highest BCUT2D eigenvalue weighted by atomic mass is 16.5. The van der Waals surface area contributed by atoms with Crippen molar-refractivity contribution in [3.8, 4) is 5.75 Å². The van der Waals surface area contributed by atoms with Gasteiger partial charge in [0.2, 0.25) is 5.56 Å². The van der Waals surface area contributed by atoms with Gasteiger partial charge in [0.25, 0.3) is 5.91 Å². The molecule has 27 heavy (non-hydrogen) atoms. The molecule has 3 heterocycles. The quantitative estimate of drug-likeness (QED) is 0.770. The minimum atomic E-state index is -0.143. The first-order chi connectivity index (χ1) is 13.1. The number of aryl methyl sites for hydroxylation is 1. The normalized spacial score (nSPS) is 16.1. The molecule has 138 valence electrons. The number of rotatable bonds is 3. The first-order valence-electron chi connectivity index (χ1n) is 8.69. The van der Waals surface area contributed by atoms with E-state index in [4.69, 9.17) is 4.74 Å². The van der Waals surface area contributed by atoms with Crippen molar-refractivity contribution < 1.29 is 9.53 Å². The molecule has 1 unspecified atom stereocenters. The van der Waals surface area contributed by atoms with Gasteiger partial charge in [-0.1, -0.05) is 12.1 Å². The lowest BCUT2D eigenvalue weighted by atomic mass is 9.90. The molecule has 4 rings (SSSR count). The molecule has 7 heteroatoms. The number of carbonyl (C=O) groups is 1. The van der Waals surface area contributed by atoms with Gasteiger partial charge in [0.15, 0.2) is 0 Å². The number of nitrogens with one attached hydrogen (secondary N) is 1. The topological polar surface area (TPSA) is 80.2 Å². The van der Waals surface area contributed by atoms with Gasteiger partial charge in [-0.05, 0) is 23.8 Å². The SMILES string of the molecule is COc1cccc(C2CN(C(=O)c3ccc(=O)n(C)c3)Cc3[nH]cnc32)c1. The van der Waals surface area contributed by atoms with Gasteiger partial charge in [-0.2, -0.15) is 0 Å². The second-order valence-corrected chi connectivity index (χ2v) is 6.65. The van der Waals surface area contributed by atoms with Crippen LogP contribution in [-0.2, 0) is 13.6 Å². The lowest BCUT2D eigenvalue weighted by Gasteiger charge is -2.32. The average Bonchev–Trinajstić information content (AvgIpc) is 3.17. The number of H-pyrrole nitrogens is 1. The van der Waals surface area contributed by atoms with Gasteiger partial charge in [0, 0.05) is 31.8 Å². The zero-order valence-corrected chi connectivity index (χ0v) is 15.2. The summed E-state index contributed by atoms with van der Waals surface area (Å²) in [5.41, 5.74) is 3.26. The predicted octanol–water partition coefficient (Wildman–Crippen LogP) is 1.90. The fourth-order valence-electron chi connectivity index (χ4n) is 3.50. The zero-order chi connectivity index (χ0) is 19.0. The van der Waals surface area contributed by atoms with Crippen molar-refractivity contribution in [1.29, 1.82) is 0 Å². The molecule has 1 amide bonds. The number of aromatic nitrogens is 3. The second kappa shape index (κ2) is 6.75. The summed E-state index contributed by atoms with van der Waals surface area (Å²) in [5, 5.41) is 0. The van der Waals surface area contributed by atoms with Gasteiger partial charge in [0.1, 0.15) is 5.75 Å². The molecule has 1 aromatic carbocycles. The van der Waals surface area contributed by atoms with Gasteiger partial charge < -0.3 is 19.2 Å². The van der Waals surface area contributed by atoms with Gasteiger partial charge in [-0.3, -0.25) is 9.59 Å². The number of aromatic amines is 1. The Bertz CT molecular complexity index is 1050. The van der Waals surface area contributed by atoms with Crippen LogP contribution in [0.5, 0.6) is 5.75 Å². The molecule has 0 aliphatic carbocycles. The van der Waals surface area contributed by atoms with E-state index in [9.17, 15) is 9.59 Å². The molecule has 1 atom stereocenters. The van der Waals surface area contributed by atoms with E-state index in [-0.39, 0.29) is 17.4 Å². The third-order valence-electron chi connectivity index (χ3n) is 4.95. The monoisotopic (exact) mass is 364 g/mol. The number of ether oxygens (including phenoxy) is 1. The Morgan fingerprint density at radius 3 is 2.93 bits per heavy atom. The van der Waals surface area contributed by atoms with Crippen LogP contribution in [0, 0.1) is 0 Å². The van der Waals surface area contributed by atoms with Crippen molar-refractivity contribution >= 4 is 5.91 Å². The highest BCUT2D eigenvalue weighted by molar-refractivity contribution is 5.94. The van der Waals surface area contributed by atoms with E-state index < -0.39 is 0 Å².